The Hall–Kier alpha value is -2.56. The summed E-state index contributed by atoms with van der Waals surface area (Å²) in [6, 6.07) is 12.6. The number of fused-ring (bicyclic) bond motifs is 1. The summed E-state index contributed by atoms with van der Waals surface area (Å²) >= 11 is 1.51. The first-order valence-corrected chi connectivity index (χ1v) is 6.33. The molecule has 5 nitrogen and oxygen atoms in total. The van der Waals surface area contributed by atoms with E-state index in [1.54, 1.807) is 12.1 Å². The van der Waals surface area contributed by atoms with Crippen molar-refractivity contribution in [3.8, 4) is 16.3 Å². The molecule has 0 radical (unpaired) electrons. The van der Waals surface area contributed by atoms with Crippen molar-refractivity contribution < 1.29 is 5.11 Å². The van der Waals surface area contributed by atoms with Crippen molar-refractivity contribution in [2.45, 2.75) is 0 Å². The molecule has 0 bridgehead atoms. The number of hydrogen-bond acceptors (Lipinski definition) is 4. The fraction of sp³-hybridized carbons (Fsp3) is 0. The van der Waals surface area contributed by atoms with Crippen molar-refractivity contribution >= 4 is 27.2 Å². The maximum absolute atomic E-state index is 9.98. The maximum atomic E-state index is 9.98. The van der Waals surface area contributed by atoms with Gasteiger partial charge < -0.3 is 5.11 Å². The Kier molecular flexibility index (Phi) is 2.79. The van der Waals surface area contributed by atoms with Crippen molar-refractivity contribution in [2.75, 3.05) is 0 Å². The van der Waals surface area contributed by atoms with E-state index in [0.717, 1.165) is 15.2 Å². The lowest BCUT2D eigenvalue weighted by Gasteiger charge is -2.01. The predicted molar refractivity (Wildman–Crippen MR) is 75.5 cm³/mol. The zero-order valence-electron chi connectivity index (χ0n) is 9.69. The molecule has 0 amide bonds. The van der Waals surface area contributed by atoms with Crippen molar-refractivity contribution in [3.05, 3.63) is 52.9 Å². The minimum atomic E-state index is 0.0592. The molecule has 1 heterocycles. The molecule has 0 saturated carbocycles. The number of thiazole rings is 1. The molecule has 0 unspecified atom stereocenters. The standard InChI is InChI=1S/C13H8N4OS/c14-17-16-8-5-6-9(11(18)7-8)13-15-10-3-1-2-4-12(10)19-13/h1-7,18H. The lowest BCUT2D eigenvalue weighted by molar-refractivity contribution is 0.477. The minimum Gasteiger partial charge on any atom is -0.507 e. The molecule has 0 aliphatic heterocycles. The Balaban J connectivity index is 2.13. The van der Waals surface area contributed by atoms with Crippen LogP contribution >= 0.6 is 11.3 Å². The van der Waals surface area contributed by atoms with Gasteiger partial charge in [-0.2, -0.15) is 0 Å². The van der Waals surface area contributed by atoms with Crippen LogP contribution < -0.4 is 0 Å². The summed E-state index contributed by atoms with van der Waals surface area (Å²) in [5.74, 6) is 0.0592. The van der Waals surface area contributed by atoms with Crippen LogP contribution in [0.15, 0.2) is 47.6 Å². The van der Waals surface area contributed by atoms with Gasteiger partial charge >= 0.3 is 0 Å². The van der Waals surface area contributed by atoms with Crippen LogP contribution in [0.3, 0.4) is 0 Å². The summed E-state index contributed by atoms with van der Waals surface area (Å²) in [5.41, 5.74) is 10.3. The highest BCUT2D eigenvalue weighted by molar-refractivity contribution is 7.21. The molecule has 2 aromatic carbocycles. The topological polar surface area (TPSA) is 81.9 Å². The van der Waals surface area contributed by atoms with Gasteiger partial charge in [-0.3, -0.25) is 0 Å². The summed E-state index contributed by atoms with van der Waals surface area (Å²) in [6.45, 7) is 0. The van der Waals surface area contributed by atoms with E-state index in [1.807, 2.05) is 24.3 Å². The maximum Gasteiger partial charge on any atom is 0.128 e. The molecule has 0 fully saturated rings. The number of para-hydroxylation sites is 1. The molecule has 3 aromatic rings. The number of phenols is 1. The van der Waals surface area contributed by atoms with Crippen LogP contribution in [-0.4, -0.2) is 10.1 Å². The number of aromatic nitrogens is 1. The van der Waals surface area contributed by atoms with Crippen LogP contribution in [-0.2, 0) is 0 Å². The molecule has 1 N–H and O–H groups in total. The van der Waals surface area contributed by atoms with E-state index < -0.39 is 0 Å². The van der Waals surface area contributed by atoms with E-state index in [2.05, 4.69) is 15.0 Å². The van der Waals surface area contributed by atoms with Crippen LogP contribution in [0.2, 0.25) is 0 Å². The number of aromatic hydroxyl groups is 1. The average Bonchev–Trinajstić information content (AvgIpc) is 2.82. The molecule has 92 valence electrons. The van der Waals surface area contributed by atoms with Crippen LogP contribution in [0.25, 0.3) is 31.2 Å². The zero-order valence-corrected chi connectivity index (χ0v) is 10.5. The zero-order chi connectivity index (χ0) is 13.2. The Bertz CT molecular complexity index is 772. The minimum absolute atomic E-state index is 0.0592. The van der Waals surface area contributed by atoms with Crippen LogP contribution in [0.4, 0.5) is 5.69 Å². The van der Waals surface area contributed by atoms with E-state index in [4.69, 9.17) is 5.53 Å². The third-order valence-electron chi connectivity index (χ3n) is 2.67. The van der Waals surface area contributed by atoms with Crippen molar-refractivity contribution in [1.29, 1.82) is 0 Å². The molecule has 19 heavy (non-hydrogen) atoms. The molecule has 0 atom stereocenters. The van der Waals surface area contributed by atoms with Gasteiger partial charge in [-0.1, -0.05) is 23.3 Å². The SMILES string of the molecule is [N-]=[N+]=Nc1ccc(-c2nc3ccccc3s2)c(O)c1. The monoisotopic (exact) mass is 268 g/mol. The fourth-order valence-corrected chi connectivity index (χ4v) is 2.80. The van der Waals surface area contributed by atoms with Gasteiger partial charge in [-0.25, -0.2) is 4.98 Å². The average molecular weight is 268 g/mol. The Morgan fingerprint density at radius 1 is 1.21 bits per heavy atom. The lowest BCUT2D eigenvalue weighted by atomic mass is 10.2. The number of phenolic OH excluding ortho intramolecular Hbond substituents is 1. The highest BCUT2D eigenvalue weighted by Crippen LogP contribution is 2.36. The number of rotatable bonds is 2. The first kappa shape index (κ1) is 11.5. The second kappa shape index (κ2) is 4.61. The number of azide groups is 1. The largest absolute Gasteiger partial charge is 0.507 e. The molecule has 0 aliphatic carbocycles. The highest BCUT2D eigenvalue weighted by Gasteiger charge is 2.10. The van der Waals surface area contributed by atoms with E-state index in [-0.39, 0.29) is 5.75 Å². The van der Waals surface area contributed by atoms with Gasteiger partial charge in [0.1, 0.15) is 10.8 Å². The molecule has 0 saturated heterocycles. The second-order valence-corrected chi connectivity index (χ2v) is 4.91. The van der Waals surface area contributed by atoms with Gasteiger partial charge in [-0.15, -0.1) is 11.3 Å². The Morgan fingerprint density at radius 2 is 2.05 bits per heavy atom. The first-order valence-electron chi connectivity index (χ1n) is 5.52. The van der Waals surface area contributed by atoms with Gasteiger partial charge in [0.2, 0.25) is 0 Å². The summed E-state index contributed by atoms with van der Waals surface area (Å²) in [5, 5.41) is 14.2. The first-order chi connectivity index (χ1) is 9.28. The van der Waals surface area contributed by atoms with Gasteiger partial charge in [0.15, 0.2) is 0 Å². The molecule has 0 spiro atoms. The van der Waals surface area contributed by atoms with Crippen molar-refractivity contribution in [3.63, 3.8) is 0 Å². The summed E-state index contributed by atoms with van der Waals surface area (Å²) in [6.07, 6.45) is 0. The number of hydrogen-bond donors (Lipinski definition) is 1. The number of nitrogens with zero attached hydrogens (tertiary/aromatic N) is 4. The molecule has 1 aromatic heterocycles. The van der Waals surface area contributed by atoms with Crippen molar-refractivity contribution in [2.24, 2.45) is 5.11 Å². The van der Waals surface area contributed by atoms with Gasteiger partial charge in [0.05, 0.1) is 15.8 Å². The summed E-state index contributed by atoms with van der Waals surface area (Å²) < 4.78 is 1.07. The second-order valence-electron chi connectivity index (χ2n) is 3.88. The van der Waals surface area contributed by atoms with E-state index in [9.17, 15) is 5.11 Å². The molecular weight excluding hydrogens is 260 g/mol. The normalized spacial score (nSPS) is 10.3. The van der Waals surface area contributed by atoms with Crippen LogP contribution in [0.1, 0.15) is 0 Å². The van der Waals surface area contributed by atoms with Crippen LogP contribution in [0, 0.1) is 0 Å². The Morgan fingerprint density at radius 3 is 2.79 bits per heavy atom. The third kappa shape index (κ3) is 2.10. The summed E-state index contributed by atoms with van der Waals surface area (Å²) in [7, 11) is 0. The molecule has 3 rings (SSSR count). The molecular formula is C13H8N4OS. The van der Waals surface area contributed by atoms with Gasteiger partial charge in [0, 0.05) is 10.6 Å². The van der Waals surface area contributed by atoms with Gasteiger partial charge in [0.25, 0.3) is 0 Å². The van der Waals surface area contributed by atoms with Crippen LogP contribution in [0.5, 0.6) is 5.75 Å². The highest BCUT2D eigenvalue weighted by atomic mass is 32.1. The van der Waals surface area contributed by atoms with E-state index in [0.29, 0.717) is 11.3 Å². The molecule has 0 aliphatic rings. The van der Waals surface area contributed by atoms with Crippen molar-refractivity contribution in [1.82, 2.24) is 4.98 Å². The predicted octanol–water partition coefficient (Wildman–Crippen LogP) is 4.61. The third-order valence-corrected chi connectivity index (χ3v) is 3.74. The Labute approximate surface area is 112 Å². The fourth-order valence-electron chi connectivity index (χ4n) is 1.80. The number of benzene rings is 2. The quantitative estimate of drug-likeness (QED) is 0.418. The van der Waals surface area contributed by atoms with E-state index >= 15 is 0 Å². The van der Waals surface area contributed by atoms with E-state index in [1.165, 1.54) is 17.4 Å². The molecule has 6 heteroatoms. The summed E-state index contributed by atoms with van der Waals surface area (Å²) in [4.78, 5) is 7.16. The van der Waals surface area contributed by atoms with Gasteiger partial charge in [-0.05, 0) is 29.8 Å². The smallest absolute Gasteiger partial charge is 0.128 e. The lowest BCUT2D eigenvalue weighted by Crippen LogP contribution is -1.77.